The molecule has 1 aliphatic heterocycles. The van der Waals surface area contributed by atoms with Crippen LogP contribution in [0.3, 0.4) is 0 Å². The molecule has 0 radical (unpaired) electrons. The maximum atomic E-state index is 9.01. The summed E-state index contributed by atoms with van der Waals surface area (Å²) >= 11 is 0. The summed E-state index contributed by atoms with van der Waals surface area (Å²) in [6.45, 7) is 9.51. The van der Waals surface area contributed by atoms with Gasteiger partial charge in [-0.25, -0.2) is 0 Å². The minimum Gasteiger partial charge on any atom is -0.314 e. The van der Waals surface area contributed by atoms with Gasteiger partial charge in [-0.05, 0) is 42.7 Å². The van der Waals surface area contributed by atoms with Crippen LogP contribution in [0, 0.1) is 25.2 Å². The molecule has 1 aromatic rings. The number of nitriles is 1. The fourth-order valence-electron chi connectivity index (χ4n) is 2.27. The fourth-order valence-corrected chi connectivity index (χ4v) is 2.27. The van der Waals surface area contributed by atoms with Gasteiger partial charge in [-0.3, -0.25) is 4.90 Å². The topological polar surface area (TPSA) is 39.1 Å². The van der Waals surface area contributed by atoms with Gasteiger partial charge < -0.3 is 5.32 Å². The number of hydrogen-bond acceptors (Lipinski definition) is 3. The average Bonchev–Trinajstić information content (AvgIpc) is 2.36. The van der Waals surface area contributed by atoms with Crippen LogP contribution in [0.4, 0.5) is 0 Å². The lowest BCUT2D eigenvalue weighted by Gasteiger charge is -2.28. The molecule has 1 saturated heterocycles. The lowest BCUT2D eigenvalue weighted by atomic mass is 9.99. The van der Waals surface area contributed by atoms with Gasteiger partial charge in [-0.2, -0.15) is 5.26 Å². The van der Waals surface area contributed by atoms with Crippen molar-refractivity contribution in [1.29, 1.82) is 5.26 Å². The summed E-state index contributed by atoms with van der Waals surface area (Å²) in [6.07, 6.45) is 0. The van der Waals surface area contributed by atoms with Gasteiger partial charge in [-0.1, -0.05) is 0 Å². The number of nitrogens with zero attached hydrogens (tertiary/aromatic N) is 2. The zero-order valence-corrected chi connectivity index (χ0v) is 10.6. The quantitative estimate of drug-likeness (QED) is 0.837. The molecule has 17 heavy (non-hydrogen) atoms. The second-order valence-corrected chi connectivity index (χ2v) is 4.72. The normalized spacial score (nSPS) is 16.8. The average molecular weight is 229 g/mol. The molecular weight excluding hydrogens is 210 g/mol. The van der Waals surface area contributed by atoms with Gasteiger partial charge in [0.2, 0.25) is 0 Å². The SMILES string of the molecule is Cc1cc(C#N)cc(CN2CCNCC2)c1C. The third-order valence-electron chi connectivity index (χ3n) is 3.51. The molecule has 1 aromatic carbocycles. The van der Waals surface area contributed by atoms with Gasteiger partial charge in [-0.15, -0.1) is 0 Å². The zero-order valence-electron chi connectivity index (χ0n) is 10.6. The van der Waals surface area contributed by atoms with Crippen molar-refractivity contribution >= 4 is 0 Å². The largest absolute Gasteiger partial charge is 0.314 e. The van der Waals surface area contributed by atoms with E-state index in [1.807, 2.05) is 12.1 Å². The van der Waals surface area contributed by atoms with Crippen LogP contribution >= 0.6 is 0 Å². The summed E-state index contributed by atoms with van der Waals surface area (Å²) in [5.41, 5.74) is 4.61. The van der Waals surface area contributed by atoms with Crippen molar-refractivity contribution < 1.29 is 0 Å². The van der Waals surface area contributed by atoms with E-state index in [-0.39, 0.29) is 0 Å². The third-order valence-corrected chi connectivity index (χ3v) is 3.51. The molecule has 1 fully saturated rings. The Kier molecular flexibility index (Phi) is 3.78. The summed E-state index contributed by atoms with van der Waals surface area (Å²) in [7, 11) is 0. The van der Waals surface area contributed by atoms with Crippen LogP contribution in [0.25, 0.3) is 0 Å². The summed E-state index contributed by atoms with van der Waals surface area (Å²) in [5, 5.41) is 12.4. The van der Waals surface area contributed by atoms with Crippen LogP contribution < -0.4 is 5.32 Å². The van der Waals surface area contributed by atoms with Crippen molar-refractivity contribution in [3.05, 3.63) is 34.4 Å². The number of aryl methyl sites for hydroxylation is 1. The zero-order chi connectivity index (χ0) is 12.3. The van der Waals surface area contributed by atoms with Crippen LogP contribution in [-0.4, -0.2) is 31.1 Å². The first-order valence-corrected chi connectivity index (χ1v) is 6.14. The van der Waals surface area contributed by atoms with Crippen molar-refractivity contribution in [3.63, 3.8) is 0 Å². The highest BCUT2D eigenvalue weighted by molar-refractivity contribution is 5.42. The molecule has 0 spiro atoms. The Balaban J connectivity index is 2.19. The minimum absolute atomic E-state index is 0.776. The number of rotatable bonds is 2. The van der Waals surface area contributed by atoms with Crippen molar-refractivity contribution in [2.24, 2.45) is 0 Å². The lowest BCUT2D eigenvalue weighted by Crippen LogP contribution is -2.43. The van der Waals surface area contributed by atoms with Crippen molar-refractivity contribution in [3.8, 4) is 6.07 Å². The summed E-state index contributed by atoms with van der Waals surface area (Å²) in [6, 6.07) is 6.24. The van der Waals surface area contributed by atoms with E-state index >= 15 is 0 Å². The summed E-state index contributed by atoms with van der Waals surface area (Å²) in [5.74, 6) is 0. The highest BCUT2D eigenvalue weighted by atomic mass is 15.2. The number of hydrogen-bond donors (Lipinski definition) is 1. The molecule has 3 heteroatoms. The Hall–Kier alpha value is -1.37. The van der Waals surface area contributed by atoms with Crippen LogP contribution in [0.15, 0.2) is 12.1 Å². The monoisotopic (exact) mass is 229 g/mol. The number of piperazine rings is 1. The fraction of sp³-hybridized carbons (Fsp3) is 0.500. The molecule has 0 amide bonds. The van der Waals surface area contributed by atoms with Gasteiger partial charge in [0.15, 0.2) is 0 Å². The molecule has 3 nitrogen and oxygen atoms in total. The predicted octanol–water partition coefficient (Wildman–Crippen LogP) is 1.58. The van der Waals surface area contributed by atoms with E-state index in [1.54, 1.807) is 0 Å². The Morgan fingerprint density at radius 1 is 1.29 bits per heavy atom. The predicted molar refractivity (Wildman–Crippen MR) is 68.8 cm³/mol. The minimum atomic E-state index is 0.776. The second kappa shape index (κ2) is 5.31. The Bertz CT molecular complexity index is 440. The van der Waals surface area contributed by atoms with Gasteiger partial charge in [0.05, 0.1) is 11.6 Å². The van der Waals surface area contributed by atoms with E-state index < -0.39 is 0 Å². The molecule has 1 aliphatic rings. The van der Waals surface area contributed by atoms with Crippen molar-refractivity contribution in [1.82, 2.24) is 10.2 Å². The third kappa shape index (κ3) is 2.85. The van der Waals surface area contributed by atoms with E-state index in [0.717, 1.165) is 38.3 Å². The molecule has 1 heterocycles. The van der Waals surface area contributed by atoms with Crippen LogP contribution in [0.2, 0.25) is 0 Å². The molecule has 1 N–H and O–H groups in total. The van der Waals surface area contributed by atoms with Gasteiger partial charge in [0.25, 0.3) is 0 Å². The Labute approximate surface area is 103 Å². The molecule has 0 aromatic heterocycles. The maximum Gasteiger partial charge on any atom is 0.0991 e. The molecule has 90 valence electrons. The second-order valence-electron chi connectivity index (χ2n) is 4.72. The van der Waals surface area contributed by atoms with E-state index in [2.05, 4.69) is 30.1 Å². The number of benzene rings is 1. The lowest BCUT2D eigenvalue weighted by molar-refractivity contribution is 0.233. The van der Waals surface area contributed by atoms with E-state index in [1.165, 1.54) is 16.7 Å². The molecule has 0 bridgehead atoms. The molecule has 2 rings (SSSR count). The van der Waals surface area contributed by atoms with Crippen molar-refractivity contribution in [2.75, 3.05) is 26.2 Å². The van der Waals surface area contributed by atoms with Crippen molar-refractivity contribution in [2.45, 2.75) is 20.4 Å². The first kappa shape index (κ1) is 12.1. The van der Waals surface area contributed by atoms with Crippen LogP contribution in [0.5, 0.6) is 0 Å². The Morgan fingerprint density at radius 3 is 2.65 bits per heavy atom. The number of nitrogens with one attached hydrogen (secondary N) is 1. The molecular formula is C14H19N3. The molecule has 0 unspecified atom stereocenters. The highest BCUT2D eigenvalue weighted by Crippen LogP contribution is 2.18. The Morgan fingerprint density at radius 2 is 2.00 bits per heavy atom. The van der Waals surface area contributed by atoms with Crippen LogP contribution in [-0.2, 0) is 6.54 Å². The van der Waals surface area contributed by atoms with E-state index in [4.69, 9.17) is 5.26 Å². The van der Waals surface area contributed by atoms with Gasteiger partial charge in [0.1, 0.15) is 0 Å². The smallest absolute Gasteiger partial charge is 0.0991 e. The standard InChI is InChI=1S/C14H19N3/c1-11-7-13(9-15)8-14(12(11)2)10-17-5-3-16-4-6-17/h7-8,16H,3-6,10H2,1-2H3. The first-order valence-electron chi connectivity index (χ1n) is 6.14. The molecule has 0 aliphatic carbocycles. The van der Waals surface area contributed by atoms with Gasteiger partial charge >= 0.3 is 0 Å². The van der Waals surface area contributed by atoms with Gasteiger partial charge in [0, 0.05) is 32.7 Å². The molecule has 0 atom stereocenters. The highest BCUT2D eigenvalue weighted by Gasteiger charge is 2.12. The molecule has 0 saturated carbocycles. The van der Waals surface area contributed by atoms with E-state index in [0.29, 0.717) is 0 Å². The van der Waals surface area contributed by atoms with E-state index in [9.17, 15) is 0 Å². The summed E-state index contributed by atoms with van der Waals surface area (Å²) < 4.78 is 0. The van der Waals surface area contributed by atoms with Crippen LogP contribution in [0.1, 0.15) is 22.3 Å². The first-order chi connectivity index (χ1) is 8.20. The maximum absolute atomic E-state index is 9.01. The summed E-state index contributed by atoms with van der Waals surface area (Å²) in [4.78, 5) is 2.44.